The van der Waals surface area contributed by atoms with Crippen LogP contribution in [0.25, 0.3) is 0 Å². The van der Waals surface area contributed by atoms with Gasteiger partial charge in [0.05, 0.1) is 38.5 Å². The third-order valence-corrected chi connectivity index (χ3v) is 5.77. The van der Waals surface area contributed by atoms with Crippen LogP contribution in [0.5, 0.6) is 17.2 Å². The molecule has 2 aromatic carbocycles. The maximum absolute atomic E-state index is 6.47. The van der Waals surface area contributed by atoms with Crippen molar-refractivity contribution in [2.75, 3.05) is 33.3 Å². The fourth-order valence-electron chi connectivity index (χ4n) is 4.22. The van der Waals surface area contributed by atoms with Crippen molar-refractivity contribution in [3.8, 4) is 17.2 Å². The molecular formula is C21H24ClNO4. The van der Waals surface area contributed by atoms with Gasteiger partial charge in [0.2, 0.25) is 0 Å². The van der Waals surface area contributed by atoms with Gasteiger partial charge in [0.25, 0.3) is 0 Å². The second-order valence-electron chi connectivity index (χ2n) is 6.91. The first-order chi connectivity index (χ1) is 13.2. The van der Waals surface area contributed by atoms with Crippen LogP contribution in [0, 0.1) is 5.92 Å². The van der Waals surface area contributed by atoms with Crippen molar-refractivity contribution >= 4 is 17.3 Å². The van der Waals surface area contributed by atoms with E-state index in [2.05, 4.69) is 17.4 Å². The molecule has 6 heteroatoms. The van der Waals surface area contributed by atoms with Gasteiger partial charge in [-0.05, 0) is 48.7 Å². The summed E-state index contributed by atoms with van der Waals surface area (Å²) in [6.45, 7) is 0.775. The predicted octanol–water partition coefficient (Wildman–Crippen LogP) is 5.00. The van der Waals surface area contributed by atoms with Crippen LogP contribution in [0.15, 0.2) is 30.3 Å². The maximum atomic E-state index is 6.47. The Hall–Kier alpha value is -2.11. The lowest BCUT2D eigenvalue weighted by Gasteiger charge is -2.43. The Morgan fingerprint density at radius 2 is 1.93 bits per heavy atom. The third-order valence-electron chi connectivity index (χ3n) is 5.49. The van der Waals surface area contributed by atoms with E-state index in [-0.39, 0.29) is 12.1 Å². The normalized spacial score (nSPS) is 23.6. The Morgan fingerprint density at radius 3 is 2.67 bits per heavy atom. The van der Waals surface area contributed by atoms with Crippen LogP contribution in [0.4, 0.5) is 5.69 Å². The van der Waals surface area contributed by atoms with Gasteiger partial charge in [-0.2, -0.15) is 0 Å². The predicted molar refractivity (Wildman–Crippen MR) is 105 cm³/mol. The van der Waals surface area contributed by atoms with Crippen molar-refractivity contribution in [1.82, 2.24) is 0 Å². The van der Waals surface area contributed by atoms with Gasteiger partial charge in [-0.15, -0.1) is 0 Å². The summed E-state index contributed by atoms with van der Waals surface area (Å²) in [5.74, 6) is 2.33. The molecule has 27 heavy (non-hydrogen) atoms. The first-order valence-corrected chi connectivity index (χ1v) is 9.51. The number of ether oxygens (including phenoxy) is 4. The van der Waals surface area contributed by atoms with Crippen molar-refractivity contribution in [2.45, 2.75) is 25.0 Å². The first kappa shape index (κ1) is 18.3. The molecule has 0 amide bonds. The van der Waals surface area contributed by atoms with E-state index in [4.69, 9.17) is 30.5 Å². The smallest absolute Gasteiger partial charge is 0.179 e. The van der Waals surface area contributed by atoms with Crippen LogP contribution in [-0.2, 0) is 4.74 Å². The lowest BCUT2D eigenvalue weighted by molar-refractivity contribution is -0.0382. The number of methoxy groups -OCH3 is 3. The van der Waals surface area contributed by atoms with E-state index in [0.29, 0.717) is 22.4 Å². The Balaban J connectivity index is 1.78. The highest BCUT2D eigenvalue weighted by atomic mass is 35.5. The van der Waals surface area contributed by atoms with Crippen LogP contribution in [-0.4, -0.2) is 27.9 Å². The van der Waals surface area contributed by atoms with Crippen LogP contribution in [0.3, 0.4) is 0 Å². The van der Waals surface area contributed by atoms with Gasteiger partial charge in [0.1, 0.15) is 5.75 Å². The molecule has 2 aromatic rings. The van der Waals surface area contributed by atoms with Crippen LogP contribution >= 0.6 is 11.6 Å². The number of rotatable bonds is 4. The summed E-state index contributed by atoms with van der Waals surface area (Å²) in [6.07, 6.45) is 2.15. The zero-order chi connectivity index (χ0) is 19.0. The number of halogens is 1. The Bertz CT molecular complexity index is 841. The van der Waals surface area contributed by atoms with Gasteiger partial charge in [-0.25, -0.2) is 0 Å². The highest BCUT2D eigenvalue weighted by molar-refractivity contribution is 6.32. The Morgan fingerprint density at radius 1 is 1.07 bits per heavy atom. The molecule has 0 radical (unpaired) electrons. The molecule has 144 valence electrons. The van der Waals surface area contributed by atoms with Gasteiger partial charge in [-0.3, -0.25) is 0 Å². The molecule has 2 heterocycles. The minimum absolute atomic E-state index is 0.0296. The number of anilines is 1. The monoisotopic (exact) mass is 389 g/mol. The van der Waals surface area contributed by atoms with E-state index in [1.54, 1.807) is 21.3 Å². The van der Waals surface area contributed by atoms with Crippen molar-refractivity contribution in [2.24, 2.45) is 5.92 Å². The molecule has 0 bridgehead atoms. The minimum Gasteiger partial charge on any atom is -0.497 e. The second kappa shape index (κ2) is 7.49. The molecule has 0 aliphatic carbocycles. The van der Waals surface area contributed by atoms with Gasteiger partial charge in [-0.1, -0.05) is 11.6 Å². The third kappa shape index (κ3) is 3.19. The summed E-state index contributed by atoms with van der Waals surface area (Å²) in [7, 11) is 4.91. The molecule has 4 rings (SSSR count). The van der Waals surface area contributed by atoms with E-state index in [9.17, 15) is 0 Å². The molecule has 2 aliphatic rings. The standard InChI is InChI=1S/C21H24ClNO4/c1-24-13-6-7-17-15(11-13)20-14(5-4-8-27-20)19(23-17)12-9-16(22)21(26-3)18(10-12)25-2/h6-7,9-11,14,19-20,23H,4-5,8H2,1-3H3. The molecule has 1 fully saturated rings. The minimum atomic E-state index is 0.0296. The molecule has 5 nitrogen and oxygen atoms in total. The molecule has 3 atom stereocenters. The summed E-state index contributed by atoms with van der Waals surface area (Å²) in [4.78, 5) is 0. The van der Waals surface area contributed by atoms with Crippen molar-refractivity contribution in [3.05, 3.63) is 46.5 Å². The van der Waals surface area contributed by atoms with Crippen molar-refractivity contribution < 1.29 is 18.9 Å². The SMILES string of the molecule is COc1ccc2c(c1)C1OCCCC1C(c1cc(Cl)c(OC)c(OC)c1)N2. The summed E-state index contributed by atoms with van der Waals surface area (Å²) in [6, 6.07) is 10.1. The molecule has 1 N–H and O–H groups in total. The van der Waals surface area contributed by atoms with Gasteiger partial charge < -0.3 is 24.3 Å². The molecular weight excluding hydrogens is 366 g/mol. The van der Waals surface area contributed by atoms with Crippen LogP contribution in [0.1, 0.15) is 36.1 Å². The lowest BCUT2D eigenvalue weighted by Crippen LogP contribution is -2.36. The Labute approximate surface area is 164 Å². The van der Waals surface area contributed by atoms with E-state index in [1.807, 2.05) is 18.2 Å². The van der Waals surface area contributed by atoms with Gasteiger partial charge in [0.15, 0.2) is 11.5 Å². The van der Waals surface area contributed by atoms with E-state index >= 15 is 0 Å². The lowest BCUT2D eigenvalue weighted by atomic mass is 9.77. The second-order valence-corrected chi connectivity index (χ2v) is 7.32. The largest absolute Gasteiger partial charge is 0.497 e. The topological polar surface area (TPSA) is 49.0 Å². The molecule has 0 aromatic heterocycles. The van der Waals surface area contributed by atoms with Crippen LogP contribution < -0.4 is 19.5 Å². The summed E-state index contributed by atoms with van der Waals surface area (Å²) in [5, 5.41) is 4.23. The number of hydrogen-bond donors (Lipinski definition) is 1. The average molecular weight is 390 g/mol. The average Bonchev–Trinajstić information content (AvgIpc) is 2.72. The number of hydrogen-bond acceptors (Lipinski definition) is 5. The van der Waals surface area contributed by atoms with E-state index in [1.165, 1.54) is 0 Å². The molecule has 0 spiro atoms. The van der Waals surface area contributed by atoms with E-state index < -0.39 is 0 Å². The molecule has 1 saturated heterocycles. The van der Waals surface area contributed by atoms with Gasteiger partial charge >= 0.3 is 0 Å². The highest BCUT2D eigenvalue weighted by Crippen LogP contribution is 2.51. The zero-order valence-corrected chi connectivity index (χ0v) is 16.5. The first-order valence-electron chi connectivity index (χ1n) is 9.13. The van der Waals surface area contributed by atoms with Gasteiger partial charge in [0, 0.05) is 23.8 Å². The highest BCUT2D eigenvalue weighted by Gasteiger charge is 2.40. The number of nitrogens with one attached hydrogen (secondary N) is 1. The summed E-state index contributed by atoms with van der Waals surface area (Å²) in [5.41, 5.74) is 3.29. The van der Waals surface area contributed by atoms with Crippen molar-refractivity contribution in [3.63, 3.8) is 0 Å². The molecule has 0 saturated carbocycles. The fraction of sp³-hybridized carbons (Fsp3) is 0.429. The maximum Gasteiger partial charge on any atom is 0.179 e. The summed E-state index contributed by atoms with van der Waals surface area (Å²) < 4.78 is 22.5. The fourth-order valence-corrected chi connectivity index (χ4v) is 4.52. The number of benzene rings is 2. The Kier molecular flexibility index (Phi) is 5.06. The van der Waals surface area contributed by atoms with E-state index in [0.717, 1.165) is 42.0 Å². The molecule has 3 unspecified atom stereocenters. The number of fused-ring (bicyclic) bond motifs is 3. The van der Waals surface area contributed by atoms with Crippen LogP contribution in [0.2, 0.25) is 5.02 Å². The zero-order valence-electron chi connectivity index (χ0n) is 15.8. The molecule has 2 aliphatic heterocycles. The summed E-state index contributed by atoms with van der Waals surface area (Å²) >= 11 is 6.47. The van der Waals surface area contributed by atoms with Crippen molar-refractivity contribution in [1.29, 1.82) is 0 Å². The quantitative estimate of drug-likeness (QED) is 0.797.